The van der Waals surface area contributed by atoms with E-state index in [4.69, 9.17) is 16.3 Å². The van der Waals surface area contributed by atoms with E-state index in [1.54, 1.807) is 12.1 Å². The fourth-order valence-corrected chi connectivity index (χ4v) is 4.99. The Labute approximate surface area is 180 Å². The molecule has 6 nitrogen and oxygen atoms in total. The average molecular weight is 445 g/mol. The number of aryl methyl sites for hydroxylation is 2. The molecular weight excluding hydrogens is 424 g/mol. The summed E-state index contributed by atoms with van der Waals surface area (Å²) in [5.74, 6) is -0.0164. The first kappa shape index (κ1) is 20.5. The van der Waals surface area contributed by atoms with Gasteiger partial charge in [0, 0.05) is 11.1 Å². The number of methoxy groups -OCH3 is 1. The van der Waals surface area contributed by atoms with Crippen LogP contribution < -0.4 is 14.4 Å². The van der Waals surface area contributed by atoms with Crippen LogP contribution >= 0.6 is 11.6 Å². The molecule has 0 aliphatic heterocycles. The van der Waals surface area contributed by atoms with Crippen LogP contribution in [0, 0.1) is 0 Å². The number of carbonyl (C=O) groups is 1. The van der Waals surface area contributed by atoms with E-state index in [0.29, 0.717) is 17.1 Å². The summed E-state index contributed by atoms with van der Waals surface area (Å²) < 4.78 is 30.9. The van der Waals surface area contributed by atoms with Crippen LogP contribution in [0.4, 0.5) is 11.4 Å². The maximum atomic E-state index is 12.8. The Morgan fingerprint density at radius 3 is 2.53 bits per heavy atom. The van der Waals surface area contributed by atoms with Gasteiger partial charge in [0.1, 0.15) is 12.3 Å². The quantitative estimate of drug-likeness (QED) is 0.623. The maximum absolute atomic E-state index is 12.8. The lowest BCUT2D eigenvalue weighted by atomic mass is 10.0. The predicted octanol–water partition coefficient (Wildman–Crippen LogP) is 4.01. The standard InChI is InChI=1S/C22H21ClN2O4S/c1-29-20-11-9-16(12-18(20)23)25(30(2,27)28)13-21(26)24-19-10-8-15-7-6-14-4-3-5-17(19)22(14)15/h3-5,8-12H,6-7,13H2,1-2H3,(H,24,26). The predicted molar refractivity (Wildman–Crippen MR) is 120 cm³/mol. The number of benzene rings is 3. The zero-order valence-corrected chi connectivity index (χ0v) is 18.2. The van der Waals surface area contributed by atoms with Crippen molar-refractivity contribution in [2.75, 3.05) is 29.5 Å². The number of ether oxygens (including phenoxy) is 1. The van der Waals surface area contributed by atoms with Gasteiger partial charge >= 0.3 is 0 Å². The number of nitrogens with zero attached hydrogens (tertiary/aromatic N) is 1. The summed E-state index contributed by atoms with van der Waals surface area (Å²) in [6.07, 6.45) is 3.03. The van der Waals surface area contributed by atoms with Crippen molar-refractivity contribution < 1.29 is 17.9 Å². The summed E-state index contributed by atoms with van der Waals surface area (Å²) in [4.78, 5) is 12.8. The molecule has 0 fully saturated rings. The summed E-state index contributed by atoms with van der Waals surface area (Å²) in [7, 11) is -2.24. The largest absolute Gasteiger partial charge is 0.495 e. The van der Waals surface area contributed by atoms with Crippen molar-refractivity contribution in [1.82, 2.24) is 0 Å². The van der Waals surface area contributed by atoms with Gasteiger partial charge in [-0.05, 0) is 53.6 Å². The molecule has 0 unspecified atom stereocenters. The Morgan fingerprint density at radius 1 is 1.13 bits per heavy atom. The SMILES string of the molecule is COc1ccc(N(CC(=O)Nc2ccc3c4c(cccc24)CC3)S(C)(=O)=O)cc1Cl. The minimum atomic E-state index is -3.71. The van der Waals surface area contributed by atoms with Crippen LogP contribution in [0.15, 0.2) is 48.5 Å². The Balaban J connectivity index is 1.62. The van der Waals surface area contributed by atoms with Crippen molar-refractivity contribution in [3.63, 3.8) is 0 Å². The first-order chi connectivity index (χ1) is 14.3. The van der Waals surface area contributed by atoms with Crippen LogP contribution in [0.2, 0.25) is 5.02 Å². The van der Waals surface area contributed by atoms with E-state index in [0.717, 1.165) is 28.8 Å². The van der Waals surface area contributed by atoms with Crippen LogP contribution in [0.5, 0.6) is 5.75 Å². The Morgan fingerprint density at radius 2 is 1.87 bits per heavy atom. The number of amides is 1. The molecule has 156 valence electrons. The molecule has 3 aromatic carbocycles. The molecule has 30 heavy (non-hydrogen) atoms. The highest BCUT2D eigenvalue weighted by Gasteiger charge is 2.23. The van der Waals surface area contributed by atoms with Crippen molar-refractivity contribution >= 4 is 49.7 Å². The van der Waals surface area contributed by atoms with Gasteiger partial charge in [-0.3, -0.25) is 9.10 Å². The lowest BCUT2D eigenvalue weighted by Crippen LogP contribution is -2.37. The van der Waals surface area contributed by atoms with E-state index in [1.165, 1.54) is 29.7 Å². The van der Waals surface area contributed by atoms with E-state index in [2.05, 4.69) is 11.4 Å². The van der Waals surface area contributed by atoms with Gasteiger partial charge < -0.3 is 10.1 Å². The van der Waals surface area contributed by atoms with Crippen molar-refractivity contribution in [1.29, 1.82) is 0 Å². The highest BCUT2D eigenvalue weighted by molar-refractivity contribution is 7.92. The number of halogens is 1. The zero-order chi connectivity index (χ0) is 21.5. The van der Waals surface area contributed by atoms with Crippen molar-refractivity contribution in [3.8, 4) is 5.75 Å². The minimum Gasteiger partial charge on any atom is -0.495 e. The van der Waals surface area contributed by atoms with Crippen molar-refractivity contribution in [3.05, 3.63) is 64.7 Å². The first-order valence-corrected chi connectivity index (χ1v) is 11.6. The number of nitrogens with one attached hydrogen (secondary N) is 1. The number of anilines is 2. The molecule has 0 saturated carbocycles. The summed E-state index contributed by atoms with van der Waals surface area (Å²) in [5, 5.41) is 5.28. The molecule has 0 spiro atoms. The number of rotatable bonds is 6. The molecule has 1 amide bonds. The Bertz CT molecular complexity index is 1250. The highest BCUT2D eigenvalue weighted by Crippen LogP contribution is 2.35. The highest BCUT2D eigenvalue weighted by atomic mass is 35.5. The number of hydrogen-bond donors (Lipinski definition) is 1. The molecule has 4 rings (SSSR count). The summed E-state index contributed by atoms with van der Waals surface area (Å²) in [6, 6.07) is 14.5. The van der Waals surface area contributed by atoms with Crippen LogP contribution in [0.1, 0.15) is 11.1 Å². The second-order valence-corrected chi connectivity index (χ2v) is 9.56. The van der Waals surface area contributed by atoms with Gasteiger partial charge in [0.2, 0.25) is 15.9 Å². The number of sulfonamides is 1. The van der Waals surface area contributed by atoms with Gasteiger partial charge in [0.05, 0.1) is 24.1 Å². The van der Waals surface area contributed by atoms with Crippen LogP contribution in [0.3, 0.4) is 0 Å². The lowest BCUT2D eigenvalue weighted by Gasteiger charge is -2.22. The van der Waals surface area contributed by atoms with E-state index in [-0.39, 0.29) is 11.6 Å². The third kappa shape index (κ3) is 3.82. The Kier molecular flexibility index (Phi) is 5.34. The molecule has 1 aliphatic carbocycles. The van der Waals surface area contributed by atoms with Gasteiger partial charge in [-0.25, -0.2) is 8.42 Å². The van der Waals surface area contributed by atoms with Crippen LogP contribution in [-0.2, 0) is 27.7 Å². The summed E-state index contributed by atoms with van der Waals surface area (Å²) in [6.45, 7) is -0.371. The van der Waals surface area contributed by atoms with E-state index in [9.17, 15) is 13.2 Å². The molecule has 0 aromatic heterocycles. The monoisotopic (exact) mass is 444 g/mol. The van der Waals surface area contributed by atoms with Crippen molar-refractivity contribution in [2.45, 2.75) is 12.8 Å². The Hall–Kier alpha value is -2.77. The molecule has 0 heterocycles. The molecular formula is C22H21ClN2O4S. The molecule has 0 saturated heterocycles. The molecule has 3 aromatic rings. The molecule has 0 bridgehead atoms. The maximum Gasteiger partial charge on any atom is 0.245 e. The molecule has 1 aliphatic rings. The summed E-state index contributed by atoms with van der Waals surface area (Å²) in [5.41, 5.74) is 3.50. The topological polar surface area (TPSA) is 75.7 Å². The van der Waals surface area contributed by atoms with E-state index in [1.807, 2.05) is 24.3 Å². The lowest BCUT2D eigenvalue weighted by molar-refractivity contribution is -0.114. The minimum absolute atomic E-state index is 0.261. The van der Waals surface area contributed by atoms with Gasteiger partial charge in [0.25, 0.3) is 0 Å². The fourth-order valence-electron chi connectivity index (χ4n) is 3.89. The molecule has 0 radical (unpaired) electrons. The second-order valence-electron chi connectivity index (χ2n) is 7.25. The van der Waals surface area contributed by atoms with E-state index < -0.39 is 15.9 Å². The van der Waals surface area contributed by atoms with Crippen molar-refractivity contribution in [2.24, 2.45) is 0 Å². The zero-order valence-electron chi connectivity index (χ0n) is 16.6. The number of carbonyl (C=O) groups excluding carboxylic acids is 1. The molecule has 0 atom stereocenters. The summed E-state index contributed by atoms with van der Waals surface area (Å²) >= 11 is 6.14. The molecule has 1 N–H and O–H groups in total. The second kappa shape index (κ2) is 7.81. The third-order valence-corrected chi connectivity index (χ3v) is 6.70. The average Bonchev–Trinajstić information content (AvgIpc) is 3.12. The van der Waals surface area contributed by atoms with Crippen LogP contribution in [0.25, 0.3) is 10.8 Å². The number of hydrogen-bond acceptors (Lipinski definition) is 4. The van der Waals surface area contributed by atoms with Gasteiger partial charge in [-0.15, -0.1) is 0 Å². The first-order valence-electron chi connectivity index (χ1n) is 9.42. The smallest absolute Gasteiger partial charge is 0.245 e. The van der Waals surface area contributed by atoms with Gasteiger partial charge in [-0.2, -0.15) is 0 Å². The normalized spacial score (nSPS) is 12.8. The van der Waals surface area contributed by atoms with E-state index >= 15 is 0 Å². The molecule has 8 heteroatoms. The van der Waals surface area contributed by atoms with Crippen LogP contribution in [-0.4, -0.2) is 34.2 Å². The fraction of sp³-hybridized carbons (Fsp3) is 0.227. The van der Waals surface area contributed by atoms with Gasteiger partial charge in [-0.1, -0.05) is 35.9 Å². The third-order valence-electron chi connectivity index (χ3n) is 5.26. The van der Waals surface area contributed by atoms with Gasteiger partial charge in [0.15, 0.2) is 0 Å².